The molecule has 1 aromatic carbocycles. The van der Waals surface area contributed by atoms with E-state index in [-0.39, 0.29) is 32.0 Å². The Morgan fingerprint density at radius 3 is 2.86 bits per heavy atom. The number of aliphatic hydroxyl groups is 1. The molecule has 0 saturated heterocycles. The lowest BCUT2D eigenvalue weighted by molar-refractivity contribution is 0.151. The second-order valence-corrected chi connectivity index (χ2v) is 5.04. The van der Waals surface area contributed by atoms with Crippen molar-refractivity contribution in [3.63, 3.8) is 0 Å². The number of fused-ring (bicyclic) bond motifs is 2. The molecule has 3 rings (SSSR count). The lowest BCUT2D eigenvalue weighted by atomic mass is 9.88. The Hall–Kier alpha value is -1.99. The van der Waals surface area contributed by atoms with Crippen molar-refractivity contribution >= 4 is 11.8 Å². The second kappa shape index (κ2) is 5.42. The van der Waals surface area contributed by atoms with E-state index in [1.807, 2.05) is 0 Å². The van der Waals surface area contributed by atoms with E-state index in [9.17, 15) is 9.90 Å². The van der Waals surface area contributed by atoms with Gasteiger partial charge in [0, 0.05) is 31.2 Å². The molecule has 0 radical (unpaired) electrons. The van der Waals surface area contributed by atoms with Crippen LogP contribution in [0.2, 0.25) is 0 Å². The van der Waals surface area contributed by atoms with Crippen molar-refractivity contribution in [2.45, 2.75) is 13.0 Å². The Morgan fingerprint density at radius 2 is 2.19 bits per heavy atom. The average Bonchev–Trinajstić information content (AvgIpc) is 2.93. The summed E-state index contributed by atoms with van der Waals surface area (Å²) >= 11 is 0. The monoisotopic (exact) mass is 294 g/mol. The van der Waals surface area contributed by atoms with E-state index >= 15 is 0 Å². The fourth-order valence-electron chi connectivity index (χ4n) is 2.69. The third kappa shape index (κ3) is 2.28. The normalized spacial score (nSPS) is 22.9. The molecule has 114 valence electrons. The molecule has 1 aromatic rings. The lowest BCUT2D eigenvalue weighted by Gasteiger charge is -2.37. The van der Waals surface area contributed by atoms with Crippen molar-refractivity contribution in [1.29, 1.82) is 0 Å². The van der Waals surface area contributed by atoms with E-state index < -0.39 is 6.09 Å². The topological polar surface area (TPSA) is 94.2 Å². The van der Waals surface area contributed by atoms with Gasteiger partial charge < -0.3 is 25.1 Å². The van der Waals surface area contributed by atoms with Crippen LogP contribution in [0.15, 0.2) is 12.1 Å². The molecule has 2 heterocycles. The molecule has 7 heteroatoms. The minimum absolute atomic E-state index is 0.106. The Labute approximate surface area is 122 Å². The molecule has 0 spiro atoms. The molecule has 0 saturated carbocycles. The van der Waals surface area contributed by atoms with E-state index in [0.717, 1.165) is 5.56 Å². The number of ether oxygens (including phenoxy) is 3. The van der Waals surface area contributed by atoms with Crippen LogP contribution in [0.5, 0.6) is 11.5 Å². The highest BCUT2D eigenvalue weighted by Gasteiger charge is 2.36. The summed E-state index contributed by atoms with van der Waals surface area (Å²) in [5, 5.41) is 9.50. The largest absolute Gasteiger partial charge is 0.454 e. The molecule has 3 N–H and O–H groups in total. The smallest absolute Gasteiger partial charge is 0.414 e. The second-order valence-electron chi connectivity index (χ2n) is 5.04. The van der Waals surface area contributed by atoms with Gasteiger partial charge in [-0.2, -0.15) is 0 Å². The Bertz CT molecular complexity index is 563. The number of aliphatic hydroxyl groups excluding tert-OH is 1. The predicted molar refractivity (Wildman–Crippen MR) is 74.4 cm³/mol. The lowest BCUT2D eigenvalue weighted by Crippen LogP contribution is -2.45. The van der Waals surface area contributed by atoms with Crippen LogP contribution in [0.25, 0.3) is 0 Å². The Balaban J connectivity index is 2.05. The van der Waals surface area contributed by atoms with Crippen molar-refractivity contribution in [3.8, 4) is 11.5 Å². The van der Waals surface area contributed by atoms with Crippen molar-refractivity contribution in [2.24, 2.45) is 11.7 Å². The molecule has 7 nitrogen and oxygen atoms in total. The third-order valence-corrected chi connectivity index (χ3v) is 3.82. The summed E-state index contributed by atoms with van der Waals surface area (Å²) in [7, 11) is 0. The van der Waals surface area contributed by atoms with Crippen LogP contribution in [0.4, 0.5) is 10.5 Å². The van der Waals surface area contributed by atoms with Gasteiger partial charge in [0.15, 0.2) is 11.5 Å². The number of carbonyl (C=O) groups is 1. The van der Waals surface area contributed by atoms with Crippen molar-refractivity contribution in [2.75, 3.05) is 31.5 Å². The van der Waals surface area contributed by atoms with Crippen LogP contribution >= 0.6 is 0 Å². The van der Waals surface area contributed by atoms with E-state index in [0.29, 0.717) is 23.7 Å². The number of carbonyl (C=O) groups excluding carboxylic acids is 1. The maximum absolute atomic E-state index is 12.1. The standard InChI is InChI=1S/C14H18N2O5/c1-2-19-14(18)16-5-8(6-17)13(15)9-3-11-12(4-10(9)16)21-7-20-11/h3-4,8,13,17H,2,5-7,15H2,1H3/t8-,13+/m0/s1. The Kier molecular flexibility index (Phi) is 3.60. The van der Waals surface area contributed by atoms with E-state index in [1.165, 1.54) is 4.90 Å². The summed E-state index contributed by atoms with van der Waals surface area (Å²) in [6.45, 7) is 2.38. The first-order chi connectivity index (χ1) is 10.2. The maximum Gasteiger partial charge on any atom is 0.414 e. The molecule has 0 fully saturated rings. The van der Waals surface area contributed by atoms with E-state index in [2.05, 4.69) is 0 Å². The van der Waals surface area contributed by atoms with Crippen molar-refractivity contribution in [1.82, 2.24) is 0 Å². The first kappa shape index (κ1) is 14.0. The summed E-state index contributed by atoms with van der Waals surface area (Å²) in [6.07, 6.45) is -0.456. The van der Waals surface area contributed by atoms with Gasteiger partial charge in [-0.25, -0.2) is 4.79 Å². The molecule has 0 bridgehead atoms. The van der Waals surface area contributed by atoms with E-state index in [1.54, 1.807) is 19.1 Å². The highest BCUT2D eigenvalue weighted by molar-refractivity contribution is 5.90. The average molecular weight is 294 g/mol. The quantitative estimate of drug-likeness (QED) is 0.845. The number of hydrogen-bond donors (Lipinski definition) is 2. The summed E-state index contributed by atoms with van der Waals surface area (Å²) in [6, 6.07) is 3.14. The van der Waals surface area contributed by atoms with Crippen LogP contribution in [-0.4, -0.2) is 37.8 Å². The van der Waals surface area contributed by atoms with Crippen molar-refractivity contribution < 1.29 is 24.1 Å². The zero-order chi connectivity index (χ0) is 15.0. The van der Waals surface area contributed by atoms with Crippen LogP contribution in [0, 0.1) is 5.92 Å². The van der Waals surface area contributed by atoms with Gasteiger partial charge in [0.2, 0.25) is 6.79 Å². The molecule has 0 aliphatic carbocycles. The zero-order valence-corrected chi connectivity index (χ0v) is 11.7. The number of hydrogen-bond acceptors (Lipinski definition) is 6. The number of rotatable bonds is 2. The minimum atomic E-state index is -0.456. The molecule has 2 aliphatic heterocycles. The molecular weight excluding hydrogens is 276 g/mol. The molecular formula is C14H18N2O5. The Morgan fingerprint density at radius 1 is 1.48 bits per heavy atom. The van der Waals surface area contributed by atoms with Gasteiger partial charge in [0.25, 0.3) is 0 Å². The molecule has 0 aromatic heterocycles. The molecule has 2 aliphatic rings. The predicted octanol–water partition coefficient (Wildman–Crippen LogP) is 1.00. The van der Waals surface area contributed by atoms with Gasteiger partial charge in [0.1, 0.15) is 0 Å². The van der Waals surface area contributed by atoms with Gasteiger partial charge in [-0.15, -0.1) is 0 Å². The number of amides is 1. The van der Waals surface area contributed by atoms with Crippen LogP contribution in [0.1, 0.15) is 18.5 Å². The molecule has 0 unspecified atom stereocenters. The van der Waals surface area contributed by atoms with Crippen LogP contribution < -0.4 is 20.1 Å². The minimum Gasteiger partial charge on any atom is -0.454 e. The SMILES string of the molecule is CCOC(=O)N1C[C@@H](CO)[C@@H](N)c2cc3c(cc21)OCO3. The zero-order valence-electron chi connectivity index (χ0n) is 11.7. The number of nitrogens with two attached hydrogens (primary N) is 1. The summed E-state index contributed by atoms with van der Waals surface area (Å²) < 4.78 is 15.8. The maximum atomic E-state index is 12.1. The summed E-state index contributed by atoms with van der Waals surface area (Å²) in [4.78, 5) is 13.6. The van der Waals surface area contributed by atoms with Gasteiger partial charge in [-0.3, -0.25) is 4.90 Å². The van der Waals surface area contributed by atoms with E-state index in [4.69, 9.17) is 19.9 Å². The number of nitrogens with zero attached hydrogens (tertiary/aromatic N) is 1. The highest BCUT2D eigenvalue weighted by Crippen LogP contribution is 2.44. The van der Waals surface area contributed by atoms with Gasteiger partial charge in [-0.05, 0) is 18.6 Å². The van der Waals surface area contributed by atoms with Crippen LogP contribution in [-0.2, 0) is 4.74 Å². The highest BCUT2D eigenvalue weighted by atomic mass is 16.7. The van der Waals surface area contributed by atoms with Crippen LogP contribution in [0.3, 0.4) is 0 Å². The van der Waals surface area contributed by atoms with Gasteiger partial charge in [-0.1, -0.05) is 0 Å². The van der Waals surface area contributed by atoms with Crippen molar-refractivity contribution in [3.05, 3.63) is 17.7 Å². The first-order valence-electron chi connectivity index (χ1n) is 6.90. The number of benzene rings is 1. The summed E-state index contributed by atoms with van der Waals surface area (Å²) in [5.41, 5.74) is 7.59. The molecule has 2 atom stereocenters. The summed E-state index contributed by atoms with van der Waals surface area (Å²) in [5.74, 6) is 0.937. The molecule has 21 heavy (non-hydrogen) atoms. The third-order valence-electron chi connectivity index (χ3n) is 3.82. The first-order valence-corrected chi connectivity index (χ1v) is 6.90. The van der Waals surface area contributed by atoms with Gasteiger partial charge in [0.05, 0.1) is 12.3 Å². The fourth-order valence-corrected chi connectivity index (χ4v) is 2.69. The molecule has 1 amide bonds. The van der Waals surface area contributed by atoms with Gasteiger partial charge >= 0.3 is 6.09 Å². The number of anilines is 1. The fraction of sp³-hybridized carbons (Fsp3) is 0.500.